The highest BCUT2D eigenvalue weighted by Crippen LogP contribution is 2.17. The average Bonchev–Trinajstić information content (AvgIpc) is 1.88. The quantitative estimate of drug-likeness (QED) is 0.567. The zero-order valence-corrected chi connectivity index (χ0v) is 7.20. The third-order valence-corrected chi connectivity index (χ3v) is 2.55. The third-order valence-electron chi connectivity index (χ3n) is 1.60. The summed E-state index contributed by atoms with van der Waals surface area (Å²) in [7, 11) is -0.788. The maximum atomic E-state index is 10.9. The second-order valence-corrected chi connectivity index (χ2v) is 3.97. The highest BCUT2D eigenvalue weighted by atomic mass is 32.2. The number of hydrogen-bond acceptors (Lipinski definition) is 1. The first kappa shape index (κ1) is 7.73. The molecule has 0 heterocycles. The van der Waals surface area contributed by atoms with Crippen LogP contribution in [0.4, 0.5) is 0 Å². The molecular formula is C8H12OS. The van der Waals surface area contributed by atoms with E-state index >= 15 is 0 Å². The van der Waals surface area contributed by atoms with Gasteiger partial charge in [-0.05, 0) is 25.8 Å². The van der Waals surface area contributed by atoms with Crippen LogP contribution >= 0.6 is 0 Å². The summed E-state index contributed by atoms with van der Waals surface area (Å²) in [6, 6.07) is 0. The van der Waals surface area contributed by atoms with E-state index in [1.807, 2.05) is 6.08 Å². The summed E-state index contributed by atoms with van der Waals surface area (Å²) >= 11 is 0. The van der Waals surface area contributed by atoms with Crippen LogP contribution in [0.1, 0.15) is 19.8 Å². The fraction of sp³-hybridized carbons (Fsp3) is 0.500. The summed E-state index contributed by atoms with van der Waals surface area (Å²) in [6.45, 7) is 2.08. The predicted octanol–water partition coefficient (Wildman–Crippen LogP) is 1.99. The molecule has 1 rings (SSSR count). The molecule has 0 aromatic heterocycles. The standard InChI is InChI=1S/C8H12OS/c1-7-4-3-5-8(6-7)10(2)9/h5-6H,3-4H2,1-2H3. The molecule has 0 N–H and O–H groups in total. The molecule has 56 valence electrons. The largest absolute Gasteiger partial charge is 0.255 e. The van der Waals surface area contributed by atoms with Crippen LogP contribution in [0.2, 0.25) is 0 Å². The SMILES string of the molecule is CC1=CC(S(C)=O)=CCC1. The molecule has 0 amide bonds. The summed E-state index contributed by atoms with van der Waals surface area (Å²) in [4.78, 5) is 0.990. The van der Waals surface area contributed by atoms with Gasteiger partial charge in [0.1, 0.15) is 0 Å². The van der Waals surface area contributed by atoms with Gasteiger partial charge in [0.05, 0.1) is 0 Å². The normalized spacial score (nSPS) is 21.4. The van der Waals surface area contributed by atoms with Crippen LogP contribution in [0.5, 0.6) is 0 Å². The molecule has 0 aromatic carbocycles. The molecule has 0 bridgehead atoms. The van der Waals surface area contributed by atoms with Crippen molar-refractivity contribution >= 4 is 10.8 Å². The Kier molecular flexibility index (Phi) is 2.44. The van der Waals surface area contributed by atoms with Crippen molar-refractivity contribution in [2.45, 2.75) is 19.8 Å². The maximum absolute atomic E-state index is 10.9. The van der Waals surface area contributed by atoms with Gasteiger partial charge in [-0.3, -0.25) is 4.21 Å². The van der Waals surface area contributed by atoms with E-state index in [-0.39, 0.29) is 0 Å². The minimum Gasteiger partial charge on any atom is -0.255 e. The van der Waals surface area contributed by atoms with E-state index in [0.717, 1.165) is 17.7 Å². The molecule has 0 saturated carbocycles. The van der Waals surface area contributed by atoms with Gasteiger partial charge >= 0.3 is 0 Å². The Hall–Kier alpha value is -0.370. The van der Waals surface area contributed by atoms with Gasteiger partial charge in [0.2, 0.25) is 0 Å². The van der Waals surface area contributed by atoms with Crippen LogP contribution < -0.4 is 0 Å². The smallest absolute Gasteiger partial charge is 0.0494 e. The monoisotopic (exact) mass is 156 g/mol. The fourth-order valence-corrected chi connectivity index (χ4v) is 1.74. The average molecular weight is 156 g/mol. The lowest BCUT2D eigenvalue weighted by Crippen LogP contribution is -1.94. The predicted molar refractivity (Wildman–Crippen MR) is 45.1 cm³/mol. The Labute approximate surface area is 64.3 Å². The molecule has 0 fully saturated rings. The van der Waals surface area contributed by atoms with Crippen LogP contribution in [-0.4, -0.2) is 10.5 Å². The molecule has 1 unspecified atom stereocenters. The van der Waals surface area contributed by atoms with E-state index in [2.05, 4.69) is 13.0 Å². The summed E-state index contributed by atoms with van der Waals surface area (Å²) < 4.78 is 10.9. The van der Waals surface area contributed by atoms with Gasteiger partial charge in [-0.2, -0.15) is 0 Å². The van der Waals surface area contributed by atoms with Gasteiger partial charge in [-0.25, -0.2) is 0 Å². The second kappa shape index (κ2) is 3.15. The highest BCUT2D eigenvalue weighted by Gasteiger charge is 2.03. The molecule has 0 aliphatic heterocycles. The zero-order valence-electron chi connectivity index (χ0n) is 6.39. The molecule has 0 spiro atoms. The second-order valence-electron chi connectivity index (χ2n) is 2.59. The molecule has 0 aromatic rings. The summed E-state index contributed by atoms with van der Waals surface area (Å²) in [6.07, 6.45) is 7.99. The number of hydrogen-bond donors (Lipinski definition) is 0. The van der Waals surface area contributed by atoms with E-state index in [4.69, 9.17) is 0 Å². The molecule has 1 aliphatic carbocycles. The van der Waals surface area contributed by atoms with Crippen molar-refractivity contribution in [1.29, 1.82) is 0 Å². The maximum Gasteiger partial charge on any atom is 0.0494 e. The summed E-state index contributed by atoms with van der Waals surface area (Å²) in [5, 5.41) is 0. The summed E-state index contributed by atoms with van der Waals surface area (Å²) in [5.41, 5.74) is 1.34. The lowest BCUT2D eigenvalue weighted by atomic mass is 10.1. The first-order valence-electron chi connectivity index (χ1n) is 3.41. The van der Waals surface area contributed by atoms with Gasteiger partial charge < -0.3 is 0 Å². The van der Waals surface area contributed by atoms with Crippen LogP contribution in [0.15, 0.2) is 22.6 Å². The van der Waals surface area contributed by atoms with Gasteiger partial charge in [-0.15, -0.1) is 0 Å². The molecule has 0 saturated heterocycles. The molecule has 1 atom stereocenters. The Balaban J connectivity index is 2.79. The van der Waals surface area contributed by atoms with Crippen LogP contribution in [0.25, 0.3) is 0 Å². The Morgan fingerprint density at radius 2 is 2.30 bits per heavy atom. The lowest BCUT2D eigenvalue weighted by molar-refractivity contribution is 0.690. The van der Waals surface area contributed by atoms with E-state index < -0.39 is 10.8 Å². The molecule has 10 heavy (non-hydrogen) atoms. The number of rotatable bonds is 1. The fourth-order valence-electron chi connectivity index (χ4n) is 1.02. The first-order chi connectivity index (χ1) is 4.70. The Morgan fingerprint density at radius 1 is 1.60 bits per heavy atom. The van der Waals surface area contributed by atoms with Crippen molar-refractivity contribution in [1.82, 2.24) is 0 Å². The number of allylic oxidation sites excluding steroid dienone is 3. The Bertz CT molecular complexity index is 213. The van der Waals surface area contributed by atoms with E-state index in [1.54, 1.807) is 6.26 Å². The minimum atomic E-state index is -0.788. The van der Waals surface area contributed by atoms with Gasteiger partial charge in [0, 0.05) is 22.0 Å². The van der Waals surface area contributed by atoms with Gasteiger partial charge in [0.15, 0.2) is 0 Å². The topological polar surface area (TPSA) is 17.1 Å². The first-order valence-corrected chi connectivity index (χ1v) is 4.96. The van der Waals surface area contributed by atoms with Gasteiger partial charge in [-0.1, -0.05) is 11.6 Å². The van der Waals surface area contributed by atoms with Gasteiger partial charge in [0.25, 0.3) is 0 Å². The zero-order chi connectivity index (χ0) is 7.56. The van der Waals surface area contributed by atoms with E-state index in [0.29, 0.717) is 0 Å². The molecule has 0 radical (unpaired) electrons. The van der Waals surface area contributed by atoms with Crippen LogP contribution in [0.3, 0.4) is 0 Å². The van der Waals surface area contributed by atoms with E-state index in [1.165, 1.54) is 5.57 Å². The van der Waals surface area contributed by atoms with Crippen molar-refractivity contribution in [2.75, 3.05) is 6.26 Å². The van der Waals surface area contributed by atoms with E-state index in [9.17, 15) is 4.21 Å². The third kappa shape index (κ3) is 1.81. The minimum absolute atomic E-state index is 0.788. The van der Waals surface area contributed by atoms with Crippen molar-refractivity contribution in [3.63, 3.8) is 0 Å². The molecular weight excluding hydrogens is 144 g/mol. The van der Waals surface area contributed by atoms with Crippen molar-refractivity contribution in [3.05, 3.63) is 22.6 Å². The van der Waals surface area contributed by atoms with Crippen LogP contribution in [-0.2, 0) is 10.8 Å². The summed E-state index contributed by atoms with van der Waals surface area (Å²) in [5.74, 6) is 0. The molecule has 2 heteroatoms. The lowest BCUT2D eigenvalue weighted by Gasteiger charge is -2.07. The molecule has 1 nitrogen and oxygen atoms in total. The van der Waals surface area contributed by atoms with Crippen LogP contribution in [0, 0.1) is 0 Å². The Morgan fingerprint density at radius 3 is 2.70 bits per heavy atom. The van der Waals surface area contributed by atoms with Crippen molar-refractivity contribution in [2.24, 2.45) is 0 Å². The van der Waals surface area contributed by atoms with Crippen molar-refractivity contribution in [3.8, 4) is 0 Å². The highest BCUT2D eigenvalue weighted by molar-refractivity contribution is 7.88. The van der Waals surface area contributed by atoms with Crippen molar-refractivity contribution < 1.29 is 4.21 Å². The molecule has 1 aliphatic rings.